The number of carbonyl (C=O) groups excluding carboxylic acids is 1. The van der Waals surface area contributed by atoms with Crippen molar-refractivity contribution in [2.75, 3.05) is 13.1 Å². The highest BCUT2D eigenvalue weighted by atomic mass is 32.2. The van der Waals surface area contributed by atoms with Crippen molar-refractivity contribution < 1.29 is 17.6 Å². The fourth-order valence-electron chi connectivity index (χ4n) is 3.04. The summed E-state index contributed by atoms with van der Waals surface area (Å²) < 4.78 is 33.3. The van der Waals surface area contributed by atoms with Crippen LogP contribution in [0, 0.1) is 13.8 Å². The van der Waals surface area contributed by atoms with Crippen LogP contribution in [-0.4, -0.2) is 38.4 Å². The van der Waals surface area contributed by atoms with Gasteiger partial charge in [0.2, 0.25) is 10.0 Å². The first-order valence-corrected chi connectivity index (χ1v) is 9.77. The van der Waals surface area contributed by atoms with Crippen molar-refractivity contribution >= 4 is 15.9 Å². The zero-order valence-corrected chi connectivity index (χ0v) is 15.2. The molecule has 1 saturated heterocycles. The van der Waals surface area contributed by atoms with Crippen LogP contribution in [0.15, 0.2) is 45.9 Å². The number of nitrogens with one attached hydrogen (secondary N) is 1. The number of sulfonamides is 1. The van der Waals surface area contributed by atoms with Crippen molar-refractivity contribution in [2.24, 2.45) is 0 Å². The van der Waals surface area contributed by atoms with E-state index in [9.17, 15) is 13.2 Å². The van der Waals surface area contributed by atoms with Crippen LogP contribution in [0.2, 0.25) is 0 Å². The molecule has 25 heavy (non-hydrogen) atoms. The SMILES string of the molecule is Cc1ccc(C)c(S(=O)(=O)NC2CCN(C(=O)c3ccco3)CC2)c1. The maximum Gasteiger partial charge on any atom is 0.289 e. The Bertz CT molecular complexity index is 851. The smallest absolute Gasteiger partial charge is 0.289 e. The Morgan fingerprint density at radius 2 is 1.92 bits per heavy atom. The molecule has 1 fully saturated rings. The van der Waals surface area contributed by atoms with E-state index in [1.54, 1.807) is 30.0 Å². The number of hydrogen-bond acceptors (Lipinski definition) is 4. The zero-order valence-electron chi connectivity index (χ0n) is 14.4. The van der Waals surface area contributed by atoms with E-state index in [0.717, 1.165) is 11.1 Å². The third-order valence-electron chi connectivity index (χ3n) is 4.47. The lowest BCUT2D eigenvalue weighted by molar-refractivity contribution is 0.0679. The lowest BCUT2D eigenvalue weighted by atomic mass is 10.1. The maximum absolute atomic E-state index is 12.7. The summed E-state index contributed by atoms with van der Waals surface area (Å²) in [5, 5.41) is 0. The summed E-state index contributed by atoms with van der Waals surface area (Å²) in [7, 11) is -3.57. The minimum absolute atomic E-state index is 0.152. The average molecular weight is 362 g/mol. The molecule has 0 aliphatic carbocycles. The second kappa shape index (κ2) is 7.01. The van der Waals surface area contributed by atoms with Gasteiger partial charge in [-0.25, -0.2) is 13.1 Å². The number of rotatable bonds is 4. The number of likely N-dealkylation sites (tertiary alicyclic amines) is 1. The third-order valence-corrected chi connectivity index (χ3v) is 6.13. The van der Waals surface area contributed by atoms with Crippen molar-refractivity contribution in [1.29, 1.82) is 0 Å². The molecular formula is C18H22N2O4S. The second-order valence-electron chi connectivity index (χ2n) is 6.43. The van der Waals surface area contributed by atoms with Gasteiger partial charge in [0.25, 0.3) is 5.91 Å². The minimum Gasteiger partial charge on any atom is -0.459 e. The first-order chi connectivity index (χ1) is 11.9. The molecule has 134 valence electrons. The summed E-state index contributed by atoms with van der Waals surface area (Å²) in [4.78, 5) is 14.3. The minimum atomic E-state index is -3.57. The molecule has 2 aromatic rings. The summed E-state index contributed by atoms with van der Waals surface area (Å²) in [6.45, 7) is 4.66. The molecule has 6 nitrogen and oxygen atoms in total. The first kappa shape index (κ1) is 17.7. The molecule has 0 spiro atoms. The highest BCUT2D eigenvalue weighted by Crippen LogP contribution is 2.20. The van der Waals surface area contributed by atoms with Crippen LogP contribution in [0.1, 0.15) is 34.5 Å². The van der Waals surface area contributed by atoms with E-state index in [0.29, 0.717) is 36.6 Å². The summed E-state index contributed by atoms with van der Waals surface area (Å²) in [5.41, 5.74) is 1.63. The predicted octanol–water partition coefficient (Wildman–Crippen LogP) is 2.48. The largest absolute Gasteiger partial charge is 0.459 e. The highest BCUT2D eigenvalue weighted by Gasteiger charge is 2.28. The molecular weight excluding hydrogens is 340 g/mol. The van der Waals surface area contributed by atoms with Crippen molar-refractivity contribution in [1.82, 2.24) is 9.62 Å². The van der Waals surface area contributed by atoms with Gasteiger partial charge in [0, 0.05) is 19.1 Å². The molecule has 2 heterocycles. The topological polar surface area (TPSA) is 79.6 Å². The van der Waals surface area contributed by atoms with Crippen LogP contribution in [0.25, 0.3) is 0 Å². The molecule has 0 saturated carbocycles. The molecule has 7 heteroatoms. The molecule has 0 unspecified atom stereocenters. The lowest BCUT2D eigenvalue weighted by Crippen LogP contribution is -2.46. The summed E-state index contributed by atoms with van der Waals surface area (Å²) in [6, 6.07) is 8.54. The molecule has 1 aromatic heterocycles. The Kier molecular flexibility index (Phi) is 4.96. The van der Waals surface area contributed by atoms with E-state index in [1.807, 2.05) is 19.1 Å². The number of aryl methyl sites for hydroxylation is 2. The van der Waals surface area contributed by atoms with E-state index >= 15 is 0 Å². The number of carbonyl (C=O) groups is 1. The fraction of sp³-hybridized carbons (Fsp3) is 0.389. The monoisotopic (exact) mass is 362 g/mol. The van der Waals surface area contributed by atoms with E-state index in [-0.39, 0.29) is 11.9 Å². The first-order valence-electron chi connectivity index (χ1n) is 8.29. The van der Waals surface area contributed by atoms with Crippen LogP contribution >= 0.6 is 0 Å². The predicted molar refractivity (Wildman–Crippen MR) is 93.9 cm³/mol. The van der Waals surface area contributed by atoms with Crippen LogP contribution < -0.4 is 4.72 Å². The molecule has 1 amide bonds. The fourth-order valence-corrected chi connectivity index (χ4v) is 4.67. The lowest BCUT2D eigenvalue weighted by Gasteiger charge is -2.31. The van der Waals surface area contributed by atoms with Gasteiger partial charge in [-0.15, -0.1) is 0 Å². The van der Waals surface area contributed by atoms with Crippen molar-refractivity contribution in [3.63, 3.8) is 0 Å². The van der Waals surface area contributed by atoms with E-state index in [1.165, 1.54) is 6.26 Å². The number of hydrogen-bond donors (Lipinski definition) is 1. The molecule has 1 N–H and O–H groups in total. The Morgan fingerprint density at radius 3 is 2.56 bits per heavy atom. The normalized spacial score (nSPS) is 16.2. The van der Waals surface area contributed by atoms with Crippen molar-refractivity contribution in [3.05, 3.63) is 53.5 Å². The number of piperidine rings is 1. The van der Waals surface area contributed by atoms with Gasteiger partial charge in [-0.2, -0.15) is 0 Å². The molecule has 0 atom stereocenters. The molecule has 0 bridgehead atoms. The Hall–Kier alpha value is -2.12. The van der Waals surface area contributed by atoms with E-state index in [4.69, 9.17) is 4.42 Å². The highest BCUT2D eigenvalue weighted by molar-refractivity contribution is 7.89. The second-order valence-corrected chi connectivity index (χ2v) is 8.12. The molecule has 3 rings (SSSR count). The number of nitrogens with zero attached hydrogens (tertiary/aromatic N) is 1. The molecule has 0 radical (unpaired) electrons. The van der Waals surface area contributed by atoms with Gasteiger partial charge in [-0.3, -0.25) is 4.79 Å². The average Bonchev–Trinajstić information content (AvgIpc) is 3.11. The van der Waals surface area contributed by atoms with Gasteiger partial charge in [-0.1, -0.05) is 12.1 Å². The molecule has 1 aliphatic heterocycles. The van der Waals surface area contributed by atoms with Gasteiger partial charge < -0.3 is 9.32 Å². The summed E-state index contributed by atoms with van der Waals surface area (Å²) in [6.07, 6.45) is 2.63. The number of furan rings is 1. The van der Waals surface area contributed by atoms with Gasteiger partial charge in [0.15, 0.2) is 5.76 Å². The Labute approximate surface area is 147 Å². The number of benzene rings is 1. The van der Waals surface area contributed by atoms with Gasteiger partial charge in [0.1, 0.15) is 0 Å². The van der Waals surface area contributed by atoms with E-state index < -0.39 is 10.0 Å². The molecule has 1 aliphatic rings. The Balaban J connectivity index is 1.64. The number of amides is 1. The maximum atomic E-state index is 12.7. The molecule has 1 aromatic carbocycles. The van der Waals surface area contributed by atoms with Gasteiger partial charge >= 0.3 is 0 Å². The van der Waals surface area contributed by atoms with Crippen LogP contribution in [0.3, 0.4) is 0 Å². The third kappa shape index (κ3) is 3.93. The standard InChI is InChI=1S/C18H22N2O4S/c1-13-5-6-14(2)17(12-13)25(22,23)19-15-7-9-20(10-8-15)18(21)16-4-3-11-24-16/h3-6,11-12,15,19H,7-10H2,1-2H3. The van der Waals surface area contributed by atoms with Gasteiger partial charge in [0.05, 0.1) is 11.2 Å². The van der Waals surface area contributed by atoms with Crippen molar-refractivity contribution in [3.8, 4) is 0 Å². The van der Waals surface area contributed by atoms with Gasteiger partial charge in [-0.05, 0) is 56.0 Å². The quantitative estimate of drug-likeness (QED) is 0.906. The summed E-state index contributed by atoms with van der Waals surface area (Å²) >= 11 is 0. The Morgan fingerprint density at radius 1 is 1.20 bits per heavy atom. The van der Waals surface area contributed by atoms with Crippen molar-refractivity contribution in [2.45, 2.75) is 37.6 Å². The van der Waals surface area contributed by atoms with Crippen LogP contribution in [0.4, 0.5) is 0 Å². The van der Waals surface area contributed by atoms with Crippen LogP contribution in [0.5, 0.6) is 0 Å². The summed E-state index contributed by atoms with van der Waals surface area (Å²) in [5.74, 6) is 0.162. The van der Waals surface area contributed by atoms with E-state index in [2.05, 4.69) is 4.72 Å². The van der Waals surface area contributed by atoms with Crippen LogP contribution in [-0.2, 0) is 10.0 Å². The zero-order chi connectivity index (χ0) is 18.0.